The zero-order chi connectivity index (χ0) is 19.9. The molecular formula is C20H23NO6. The Morgan fingerprint density at radius 1 is 1.15 bits per heavy atom. The van der Waals surface area contributed by atoms with Crippen LogP contribution in [-0.2, 0) is 34.1 Å². The van der Waals surface area contributed by atoms with Gasteiger partial charge in [-0.1, -0.05) is 30.3 Å². The fraction of sp³-hybridized carbons (Fsp3) is 0.500. The number of aliphatic imine (C=N–C) groups is 1. The summed E-state index contributed by atoms with van der Waals surface area (Å²) in [4.78, 5) is 42.7. The lowest BCUT2D eigenvalue weighted by molar-refractivity contribution is -0.229. The zero-order valence-electron chi connectivity index (χ0n) is 15.9. The van der Waals surface area contributed by atoms with Gasteiger partial charge in [-0.25, -0.2) is 4.99 Å². The van der Waals surface area contributed by atoms with Gasteiger partial charge in [-0.2, -0.15) is 0 Å². The molecule has 0 aromatic heterocycles. The summed E-state index contributed by atoms with van der Waals surface area (Å²) in [7, 11) is 0. The number of ether oxygens (including phenoxy) is 3. The number of hydrogen-bond acceptors (Lipinski definition) is 7. The molecule has 1 aliphatic carbocycles. The summed E-state index contributed by atoms with van der Waals surface area (Å²) >= 11 is 0. The second-order valence-corrected chi connectivity index (χ2v) is 6.88. The smallest absolute Gasteiger partial charge is 0.323 e. The maximum absolute atomic E-state index is 13.3. The molecule has 7 heteroatoms. The molecule has 0 bridgehead atoms. The van der Waals surface area contributed by atoms with E-state index in [1.165, 1.54) is 6.92 Å². The minimum absolute atomic E-state index is 0.0216. The fourth-order valence-electron chi connectivity index (χ4n) is 4.47. The number of nitrogens with zero attached hydrogens (tertiary/aromatic N) is 1. The number of esters is 2. The van der Waals surface area contributed by atoms with Crippen molar-refractivity contribution in [2.24, 2.45) is 10.4 Å². The normalized spacial score (nSPS) is 31.4. The number of rotatable bonds is 5. The van der Waals surface area contributed by atoms with Crippen LogP contribution >= 0.6 is 0 Å². The molecule has 2 aliphatic rings. The maximum Gasteiger partial charge on any atom is 0.323 e. The van der Waals surface area contributed by atoms with E-state index in [0.717, 1.165) is 0 Å². The molecule has 0 unspecified atom stereocenters. The van der Waals surface area contributed by atoms with Gasteiger partial charge in [0.25, 0.3) is 5.90 Å². The first kappa shape index (κ1) is 19.1. The van der Waals surface area contributed by atoms with Crippen LogP contribution in [0.1, 0.15) is 39.7 Å². The van der Waals surface area contributed by atoms with Crippen molar-refractivity contribution in [3.05, 3.63) is 35.9 Å². The molecule has 1 aromatic rings. The van der Waals surface area contributed by atoms with Crippen molar-refractivity contribution in [3.63, 3.8) is 0 Å². The first-order valence-corrected chi connectivity index (χ1v) is 8.99. The van der Waals surface area contributed by atoms with Gasteiger partial charge < -0.3 is 14.2 Å². The molecular weight excluding hydrogens is 350 g/mol. The average molecular weight is 373 g/mol. The molecule has 1 aliphatic heterocycles. The van der Waals surface area contributed by atoms with Crippen LogP contribution in [0.25, 0.3) is 0 Å². The lowest BCUT2D eigenvalue weighted by atomic mass is 9.44. The van der Waals surface area contributed by atoms with Crippen molar-refractivity contribution < 1.29 is 28.6 Å². The highest BCUT2D eigenvalue weighted by Crippen LogP contribution is 2.69. The molecule has 1 saturated carbocycles. The molecule has 1 aromatic carbocycles. The summed E-state index contributed by atoms with van der Waals surface area (Å²) in [6.07, 6.45) is -0.0216. The predicted octanol–water partition coefficient (Wildman–Crippen LogP) is 2.17. The van der Waals surface area contributed by atoms with E-state index in [-0.39, 0.29) is 25.5 Å². The Labute approximate surface area is 157 Å². The maximum atomic E-state index is 13.3. The molecule has 7 nitrogen and oxygen atoms in total. The highest BCUT2D eigenvalue weighted by Gasteiger charge is 2.85. The summed E-state index contributed by atoms with van der Waals surface area (Å²) in [6, 6.07) is 8.91. The van der Waals surface area contributed by atoms with E-state index in [4.69, 9.17) is 14.2 Å². The number of Topliss-reactive ketones (excluding diaryl/α,β-unsaturated/α-hetero) is 1. The summed E-state index contributed by atoms with van der Waals surface area (Å²) in [5.41, 5.74) is -3.64. The number of carbonyl (C=O) groups is 3. The lowest BCUT2D eigenvalue weighted by Gasteiger charge is -2.61. The van der Waals surface area contributed by atoms with Crippen molar-refractivity contribution in [2.45, 2.75) is 45.3 Å². The molecule has 0 saturated heterocycles. The zero-order valence-corrected chi connectivity index (χ0v) is 15.9. The Balaban J connectivity index is 2.28. The number of benzene rings is 1. The standard InChI is InChI=1S/C20H23NO6/c1-5-25-16-15(23)19(17(24)26-6-2)12-18(4,27-13(3)22)20(19,21-16)14-10-8-7-9-11-14/h7-11H,5-6,12H2,1-4H3/t18-,19+,20+/m1/s1. The molecule has 3 rings (SSSR count). The van der Waals surface area contributed by atoms with Crippen LogP contribution in [0.4, 0.5) is 0 Å². The largest absolute Gasteiger partial charge is 0.476 e. The van der Waals surface area contributed by atoms with E-state index in [9.17, 15) is 14.4 Å². The van der Waals surface area contributed by atoms with Crippen LogP contribution < -0.4 is 0 Å². The minimum atomic E-state index is -1.61. The van der Waals surface area contributed by atoms with Crippen LogP contribution in [0.2, 0.25) is 0 Å². The van der Waals surface area contributed by atoms with Crippen molar-refractivity contribution in [2.75, 3.05) is 13.2 Å². The number of carbonyl (C=O) groups excluding carboxylic acids is 3. The van der Waals surface area contributed by atoms with Crippen LogP contribution in [-0.4, -0.2) is 42.4 Å². The van der Waals surface area contributed by atoms with Gasteiger partial charge in [0.05, 0.1) is 13.2 Å². The Morgan fingerprint density at radius 3 is 2.37 bits per heavy atom. The summed E-state index contributed by atoms with van der Waals surface area (Å²) in [5.74, 6) is -1.86. The van der Waals surface area contributed by atoms with E-state index in [0.29, 0.717) is 5.56 Å². The monoisotopic (exact) mass is 373 g/mol. The number of ketones is 1. The predicted molar refractivity (Wildman–Crippen MR) is 96.0 cm³/mol. The topological polar surface area (TPSA) is 91.3 Å². The molecule has 1 heterocycles. The van der Waals surface area contributed by atoms with Gasteiger partial charge in [-0.3, -0.25) is 14.4 Å². The molecule has 0 amide bonds. The molecule has 0 radical (unpaired) electrons. The van der Waals surface area contributed by atoms with Gasteiger partial charge in [0.15, 0.2) is 11.0 Å². The van der Waals surface area contributed by atoms with Crippen molar-refractivity contribution in [1.82, 2.24) is 0 Å². The van der Waals surface area contributed by atoms with Gasteiger partial charge in [0, 0.05) is 13.3 Å². The average Bonchev–Trinajstić information content (AvgIpc) is 2.83. The van der Waals surface area contributed by atoms with Crippen molar-refractivity contribution >= 4 is 23.6 Å². The van der Waals surface area contributed by atoms with E-state index in [1.807, 2.05) is 6.07 Å². The van der Waals surface area contributed by atoms with E-state index >= 15 is 0 Å². The van der Waals surface area contributed by atoms with Crippen LogP contribution in [0.3, 0.4) is 0 Å². The minimum Gasteiger partial charge on any atom is -0.476 e. The molecule has 0 N–H and O–H groups in total. The number of hydrogen-bond donors (Lipinski definition) is 0. The van der Waals surface area contributed by atoms with E-state index < -0.39 is 34.3 Å². The molecule has 3 atom stereocenters. The quantitative estimate of drug-likeness (QED) is 0.580. The van der Waals surface area contributed by atoms with Crippen LogP contribution in [0.15, 0.2) is 35.3 Å². The lowest BCUT2D eigenvalue weighted by Crippen LogP contribution is -2.75. The summed E-state index contributed by atoms with van der Waals surface area (Å²) < 4.78 is 16.3. The van der Waals surface area contributed by atoms with Crippen molar-refractivity contribution in [3.8, 4) is 0 Å². The third-order valence-electron chi connectivity index (χ3n) is 5.30. The van der Waals surface area contributed by atoms with Crippen LogP contribution in [0.5, 0.6) is 0 Å². The summed E-state index contributed by atoms with van der Waals surface area (Å²) in [6.45, 7) is 6.72. The second-order valence-electron chi connectivity index (χ2n) is 6.88. The van der Waals surface area contributed by atoms with E-state index in [1.54, 1.807) is 45.0 Å². The van der Waals surface area contributed by atoms with Gasteiger partial charge in [0.2, 0.25) is 5.78 Å². The third kappa shape index (κ3) is 2.33. The first-order valence-electron chi connectivity index (χ1n) is 8.99. The van der Waals surface area contributed by atoms with Crippen molar-refractivity contribution in [1.29, 1.82) is 0 Å². The van der Waals surface area contributed by atoms with Gasteiger partial charge in [0.1, 0.15) is 5.60 Å². The molecule has 0 spiro atoms. The second kappa shape index (κ2) is 6.48. The molecule has 144 valence electrons. The first-order chi connectivity index (χ1) is 12.8. The van der Waals surface area contributed by atoms with Gasteiger partial charge in [-0.05, 0) is 26.3 Å². The SMILES string of the molecule is CCOC(=O)[C@@]12C[C@@](C)(OC(C)=O)[C@]1(c1ccccc1)N=C(OCC)C2=O. The highest BCUT2D eigenvalue weighted by molar-refractivity contribution is 6.45. The Hall–Kier alpha value is -2.70. The van der Waals surface area contributed by atoms with E-state index in [2.05, 4.69) is 4.99 Å². The molecule has 27 heavy (non-hydrogen) atoms. The molecule has 1 fully saturated rings. The highest BCUT2D eigenvalue weighted by atomic mass is 16.6. The van der Waals surface area contributed by atoms with Gasteiger partial charge >= 0.3 is 11.9 Å². The fourth-order valence-corrected chi connectivity index (χ4v) is 4.47. The Kier molecular flexibility index (Phi) is 4.57. The van der Waals surface area contributed by atoms with Gasteiger partial charge in [-0.15, -0.1) is 0 Å². The number of fused-ring (bicyclic) bond motifs is 1. The third-order valence-corrected chi connectivity index (χ3v) is 5.30. The Morgan fingerprint density at radius 2 is 1.81 bits per heavy atom. The Bertz CT molecular complexity index is 819. The summed E-state index contributed by atoms with van der Waals surface area (Å²) in [5, 5.41) is 0. The van der Waals surface area contributed by atoms with Crippen LogP contribution in [0, 0.1) is 5.41 Å².